The van der Waals surface area contributed by atoms with Crippen LogP contribution in [0, 0.1) is 0 Å². The molecule has 1 heterocycles. The Morgan fingerprint density at radius 2 is 1.85 bits per heavy atom. The zero-order valence-electron chi connectivity index (χ0n) is 11.6. The molecular weight excluding hydrogens is 336 g/mol. The van der Waals surface area contributed by atoms with Crippen molar-refractivity contribution in [3.63, 3.8) is 0 Å². The fourth-order valence-electron chi connectivity index (χ4n) is 2.36. The summed E-state index contributed by atoms with van der Waals surface area (Å²) < 4.78 is 0.961. The SMILES string of the molecule is Nc1ccc(SCC(=O)N2CCCCCCC2)c(Br)c1. The van der Waals surface area contributed by atoms with Gasteiger partial charge in [0.25, 0.3) is 0 Å². The quantitative estimate of drug-likeness (QED) is 0.659. The molecule has 1 aromatic carbocycles. The summed E-state index contributed by atoms with van der Waals surface area (Å²) in [7, 11) is 0. The third-order valence-corrected chi connectivity index (χ3v) is 5.49. The highest BCUT2D eigenvalue weighted by atomic mass is 79.9. The summed E-state index contributed by atoms with van der Waals surface area (Å²) in [6.07, 6.45) is 6.10. The van der Waals surface area contributed by atoms with Crippen LogP contribution >= 0.6 is 27.7 Å². The van der Waals surface area contributed by atoms with Gasteiger partial charge in [-0.25, -0.2) is 0 Å². The summed E-state index contributed by atoms with van der Waals surface area (Å²) in [6.45, 7) is 1.84. The van der Waals surface area contributed by atoms with Crippen LogP contribution in [-0.2, 0) is 4.79 Å². The minimum Gasteiger partial charge on any atom is -0.399 e. The van der Waals surface area contributed by atoms with Gasteiger partial charge in [-0.05, 0) is 47.0 Å². The average Bonchev–Trinajstić information content (AvgIpc) is 2.37. The molecule has 3 nitrogen and oxygen atoms in total. The predicted octanol–water partition coefficient (Wildman–Crippen LogP) is 3.92. The molecule has 0 radical (unpaired) electrons. The zero-order valence-corrected chi connectivity index (χ0v) is 14.0. The number of rotatable bonds is 3. The Hall–Kier alpha value is -0.680. The second-order valence-corrected chi connectivity index (χ2v) is 7.00. The van der Waals surface area contributed by atoms with Crippen LogP contribution in [0.25, 0.3) is 0 Å². The molecule has 0 bridgehead atoms. The molecule has 2 N–H and O–H groups in total. The number of carbonyl (C=O) groups is 1. The van der Waals surface area contributed by atoms with Crippen LogP contribution in [0.2, 0.25) is 0 Å². The van der Waals surface area contributed by atoms with E-state index in [2.05, 4.69) is 15.9 Å². The highest BCUT2D eigenvalue weighted by Gasteiger charge is 2.15. The van der Waals surface area contributed by atoms with Gasteiger partial charge in [0.15, 0.2) is 0 Å². The maximum atomic E-state index is 12.3. The summed E-state index contributed by atoms with van der Waals surface area (Å²) in [5.74, 6) is 0.753. The highest BCUT2D eigenvalue weighted by molar-refractivity contribution is 9.10. The van der Waals surface area contributed by atoms with E-state index in [1.54, 1.807) is 11.8 Å². The van der Waals surface area contributed by atoms with E-state index in [-0.39, 0.29) is 5.91 Å². The van der Waals surface area contributed by atoms with Crippen molar-refractivity contribution in [2.24, 2.45) is 0 Å². The van der Waals surface area contributed by atoms with Crippen molar-refractivity contribution < 1.29 is 4.79 Å². The average molecular weight is 357 g/mol. The molecule has 20 heavy (non-hydrogen) atoms. The van der Waals surface area contributed by atoms with Gasteiger partial charge in [-0.3, -0.25) is 4.79 Å². The van der Waals surface area contributed by atoms with Gasteiger partial charge in [-0.15, -0.1) is 11.8 Å². The first kappa shape index (κ1) is 15.7. The second kappa shape index (κ2) is 7.93. The minimum atomic E-state index is 0.251. The largest absolute Gasteiger partial charge is 0.399 e. The number of carbonyl (C=O) groups excluding carboxylic acids is 1. The summed E-state index contributed by atoms with van der Waals surface area (Å²) in [5.41, 5.74) is 6.45. The Morgan fingerprint density at radius 3 is 2.50 bits per heavy atom. The number of likely N-dealkylation sites (tertiary alicyclic amines) is 1. The summed E-state index contributed by atoms with van der Waals surface area (Å²) in [5, 5.41) is 0. The van der Waals surface area contributed by atoms with Crippen molar-refractivity contribution in [2.75, 3.05) is 24.6 Å². The van der Waals surface area contributed by atoms with E-state index in [9.17, 15) is 4.79 Å². The minimum absolute atomic E-state index is 0.251. The number of halogens is 1. The molecule has 1 amide bonds. The number of hydrogen-bond acceptors (Lipinski definition) is 3. The molecule has 1 aromatic rings. The normalized spacial score (nSPS) is 16.6. The lowest BCUT2D eigenvalue weighted by Crippen LogP contribution is -2.35. The van der Waals surface area contributed by atoms with Crippen LogP contribution in [0.5, 0.6) is 0 Å². The molecule has 2 rings (SSSR count). The number of nitrogens with two attached hydrogens (primary N) is 1. The first-order valence-corrected chi connectivity index (χ1v) is 8.90. The standard InChI is InChI=1S/C15H21BrN2OS/c16-13-10-12(17)6-7-14(13)20-11-15(19)18-8-4-2-1-3-5-9-18/h6-7,10H,1-5,8-9,11,17H2. The number of amides is 1. The maximum Gasteiger partial charge on any atom is 0.232 e. The fraction of sp³-hybridized carbons (Fsp3) is 0.533. The van der Waals surface area contributed by atoms with Crippen LogP contribution < -0.4 is 5.73 Å². The number of hydrogen-bond donors (Lipinski definition) is 1. The van der Waals surface area contributed by atoms with Gasteiger partial charge in [-0.1, -0.05) is 19.3 Å². The van der Waals surface area contributed by atoms with Crippen LogP contribution in [0.1, 0.15) is 32.1 Å². The number of nitrogen functional groups attached to an aromatic ring is 1. The van der Waals surface area contributed by atoms with E-state index < -0.39 is 0 Å². The summed E-state index contributed by atoms with van der Waals surface area (Å²) >= 11 is 5.07. The molecule has 1 aliphatic rings. The van der Waals surface area contributed by atoms with Crippen molar-refractivity contribution in [1.29, 1.82) is 0 Å². The lowest BCUT2D eigenvalue weighted by atomic mass is 10.1. The molecule has 0 aromatic heterocycles. The van der Waals surface area contributed by atoms with Crippen molar-refractivity contribution in [2.45, 2.75) is 37.0 Å². The Morgan fingerprint density at radius 1 is 1.20 bits per heavy atom. The second-order valence-electron chi connectivity index (χ2n) is 5.13. The van der Waals surface area contributed by atoms with E-state index in [0.29, 0.717) is 5.75 Å². The molecule has 0 saturated carbocycles. The van der Waals surface area contributed by atoms with Gasteiger partial charge in [0.1, 0.15) is 0 Å². The van der Waals surface area contributed by atoms with Gasteiger partial charge < -0.3 is 10.6 Å². The summed E-state index contributed by atoms with van der Waals surface area (Å²) in [4.78, 5) is 15.4. The molecule has 0 aliphatic carbocycles. The zero-order chi connectivity index (χ0) is 14.4. The van der Waals surface area contributed by atoms with E-state index in [4.69, 9.17) is 5.73 Å². The highest BCUT2D eigenvalue weighted by Crippen LogP contribution is 2.29. The van der Waals surface area contributed by atoms with Crippen LogP contribution in [0.3, 0.4) is 0 Å². The van der Waals surface area contributed by atoms with Crippen LogP contribution in [-0.4, -0.2) is 29.6 Å². The van der Waals surface area contributed by atoms with E-state index in [1.807, 2.05) is 23.1 Å². The van der Waals surface area contributed by atoms with Crippen LogP contribution in [0.15, 0.2) is 27.6 Å². The molecule has 0 unspecified atom stereocenters. The Balaban J connectivity index is 1.87. The topological polar surface area (TPSA) is 46.3 Å². The molecule has 1 fully saturated rings. The number of benzene rings is 1. The lowest BCUT2D eigenvalue weighted by Gasteiger charge is -2.24. The molecule has 0 atom stereocenters. The molecule has 5 heteroatoms. The molecular formula is C15H21BrN2OS. The van der Waals surface area contributed by atoms with Gasteiger partial charge in [0, 0.05) is 28.1 Å². The maximum absolute atomic E-state index is 12.3. The lowest BCUT2D eigenvalue weighted by molar-refractivity contribution is -0.128. The van der Waals surface area contributed by atoms with Crippen molar-refractivity contribution in [3.8, 4) is 0 Å². The van der Waals surface area contributed by atoms with Crippen LogP contribution in [0.4, 0.5) is 5.69 Å². The Kier molecular flexibility index (Phi) is 6.23. The fourth-order valence-corrected chi connectivity index (χ4v) is 3.92. The molecule has 0 spiro atoms. The first-order valence-electron chi connectivity index (χ1n) is 7.12. The molecule has 1 saturated heterocycles. The van der Waals surface area contributed by atoms with E-state index >= 15 is 0 Å². The number of thioether (sulfide) groups is 1. The Labute approximate surface area is 133 Å². The predicted molar refractivity (Wildman–Crippen MR) is 88.9 cm³/mol. The summed E-state index contributed by atoms with van der Waals surface area (Å²) in [6, 6.07) is 5.71. The smallest absolute Gasteiger partial charge is 0.232 e. The number of anilines is 1. The third-order valence-electron chi connectivity index (χ3n) is 3.52. The number of nitrogens with zero attached hydrogens (tertiary/aromatic N) is 1. The third kappa shape index (κ3) is 4.70. The monoisotopic (exact) mass is 356 g/mol. The van der Waals surface area contributed by atoms with E-state index in [1.165, 1.54) is 19.3 Å². The first-order chi connectivity index (χ1) is 9.66. The van der Waals surface area contributed by atoms with Crippen molar-refractivity contribution >= 4 is 39.3 Å². The van der Waals surface area contributed by atoms with E-state index in [0.717, 1.165) is 41.0 Å². The van der Waals surface area contributed by atoms with Gasteiger partial charge in [0.2, 0.25) is 5.91 Å². The molecule has 110 valence electrons. The van der Waals surface area contributed by atoms with Gasteiger partial charge >= 0.3 is 0 Å². The van der Waals surface area contributed by atoms with Crippen molar-refractivity contribution in [3.05, 3.63) is 22.7 Å². The van der Waals surface area contributed by atoms with Gasteiger partial charge in [-0.2, -0.15) is 0 Å². The van der Waals surface area contributed by atoms with Crippen molar-refractivity contribution in [1.82, 2.24) is 4.90 Å². The Bertz CT molecular complexity index is 459. The van der Waals surface area contributed by atoms with Gasteiger partial charge in [0.05, 0.1) is 5.75 Å². The molecule has 1 aliphatic heterocycles.